The summed E-state index contributed by atoms with van der Waals surface area (Å²) >= 11 is 0. The normalized spacial score (nSPS) is 24.0. The monoisotopic (exact) mass is 706 g/mol. The quantitative estimate of drug-likeness (QED) is 0.335. The first-order chi connectivity index (χ1) is 25.0. The minimum atomic E-state index is -0.934. The minimum Gasteiger partial charge on any atom is -0.467 e. The van der Waals surface area contributed by atoms with Gasteiger partial charge in [0, 0.05) is 25.9 Å². The van der Waals surface area contributed by atoms with Crippen LogP contribution in [0.1, 0.15) is 74.8 Å². The van der Waals surface area contributed by atoms with Crippen LogP contribution in [0.15, 0.2) is 78.9 Å². The molecule has 0 saturated carbocycles. The van der Waals surface area contributed by atoms with Crippen molar-refractivity contribution in [3.05, 3.63) is 101 Å². The highest BCUT2D eigenvalue weighted by molar-refractivity contribution is 6.02. The molecule has 0 bridgehead atoms. The van der Waals surface area contributed by atoms with Crippen molar-refractivity contribution in [3.8, 4) is 0 Å². The lowest BCUT2D eigenvalue weighted by Crippen LogP contribution is -2.60. The van der Waals surface area contributed by atoms with Crippen molar-refractivity contribution >= 4 is 35.5 Å². The third-order valence-electron chi connectivity index (χ3n) is 10.8. The van der Waals surface area contributed by atoms with Crippen molar-refractivity contribution in [3.63, 3.8) is 0 Å². The molecule has 4 heterocycles. The summed E-state index contributed by atoms with van der Waals surface area (Å²) < 4.78 is 10.9. The number of carbonyl (C=O) groups is 5. The number of esters is 1. The zero-order chi connectivity index (χ0) is 36.7. The Morgan fingerprint density at radius 2 is 1.29 bits per heavy atom. The largest absolute Gasteiger partial charge is 0.467 e. The molecule has 272 valence electrons. The molecule has 11 nitrogen and oxygen atoms in total. The molecule has 0 spiro atoms. The van der Waals surface area contributed by atoms with Crippen LogP contribution in [-0.4, -0.2) is 87.9 Å². The molecule has 0 radical (unpaired) electrons. The third-order valence-corrected chi connectivity index (χ3v) is 10.8. The van der Waals surface area contributed by atoms with Crippen LogP contribution in [-0.2, 0) is 48.0 Å². The van der Waals surface area contributed by atoms with E-state index >= 15 is 9.59 Å². The first kappa shape index (κ1) is 35.2. The molecule has 4 amide bonds. The number of anilines is 1. The topological polar surface area (TPSA) is 117 Å². The Labute approximate surface area is 304 Å². The van der Waals surface area contributed by atoms with E-state index in [4.69, 9.17) is 9.47 Å². The Morgan fingerprint density at radius 3 is 2.00 bits per heavy atom. The lowest BCUT2D eigenvalue weighted by molar-refractivity contribution is -0.157. The van der Waals surface area contributed by atoms with Crippen molar-refractivity contribution < 1.29 is 33.4 Å². The molecule has 0 aliphatic carbocycles. The Bertz CT molecular complexity index is 1870. The van der Waals surface area contributed by atoms with E-state index in [0.29, 0.717) is 37.9 Å². The van der Waals surface area contributed by atoms with Crippen molar-refractivity contribution in [1.29, 1.82) is 0 Å². The fraction of sp³-hybridized carbons (Fsp3) is 0.439. The maximum absolute atomic E-state index is 15.1. The molecule has 0 N–H and O–H groups in total. The lowest BCUT2D eigenvalue weighted by Gasteiger charge is -2.42. The number of para-hydroxylation sites is 1. The number of methoxy groups -OCH3 is 1. The summed E-state index contributed by atoms with van der Waals surface area (Å²) in [5.74, 6) is -1.44. The Kier molecular flexibility index (Phi) is 9.54. The number of likely N-dealkylation sites (tertiary alicyclic amines) is 2. The summed E-state index contributed by atoms with van der Waals surface area (Å²) in [6, 6.07) is 21.0. The van der Waals surface area contributed by atoms with E-state index in [1.165, 1.54) is 12.0 Å². The van der Waals surface area contributed by atoms with Gasteiger partial charge in [-0.1, -0.05) is 72.8 Å². The number of hydrogen-bond acceptors (Lipinski definition) is 7. The number of ether oxygens (including phenoxy) is 2. The molecule has 0 aromatic heterocycles. The van der Waals surface area contributed by atoms with Crippen molar-refractivity contribution in [2.45, 2.75) is 102 Å². The molecule has 11 heteroatoms. The predicted octanol–water partition coefficient (Wildman–Crippen LogP) is 5.20. The lowest BCUT2D eigenvalue weighted by atomic mass is 9.92. The van der Waals surface area contributed by atoms with Crippen LogP contribution in [0.3, 0.4) is 0 Å². The fourth-order valence-corrected chi connectivity index (χ4v) is 8.43. The SMILES string of the molecule is COC(=O)[C@@H]1CCCN1C(=O)[C@H]1Cc2ccccc2CN1C(=O)[C@H]1CC[C@@H](c2ccccc2)N1C(=O)[C@H]1Cc2ccccc2N1C(=O)OC(C)(C)C. The second kappa shape index (κ2) is 14.1. The van der Waals surface area contributed by atoms with E-state index in [9.17, 15) is 14.4 Å². The van der Waals surface area contributed by atoms with Crippen LogP contribution in [0.25, 0.3) is 0 Å². The van der Waals surface area contributed by atoms with Crippen LogP contribution in [0.5, 0.6) is 0 Å². The summed E-state index contributed by atoms with van der Waals surface area (Å²) in [7, 11) is 1.32. The maximum atomic E-state index is 15.1. The summed E-state index contributed by atoms with van der Waals surface area (Å²) in [5, 5.41) is 0. The van der Waals surface area contributed by atoms with E-state index in [0.717, 1.165) is 22.3 Å². The van der Waals surface area contributed by atoms with Gasteiger partial charge >= 0.3 is 12.1 Å². The van der Waals surface area contributed by atoms with Crippen LogP contribution < -0.4 is 4.90 Å². The highest BCUT2D eigenvalue weighted by Crippen LogP contribution is 2.42. The number of benzene rings is 3. The van der Waals surface area contributed by atoms with Crippen LogP contribution >= 0.6 is 0 Å². The fourth-order valence-electron chi connectivity index (χ4n) is 8.43. The Morgan fingerprint density at radius 1 is 0.654 bits per heavy atom. The van der Waals surface area contributed by atoms with Crippen molar-refractivity contribution in [2.24, 2.45) is 0 Å². The number of fused-ring (bicyclic) bond motifs is 2. The number of hydrogen-bond donors (Lipinski definition) is 0. The second-order valence-electron chi connectivity index (χ2n) is 15.1. The third kappa shape index (κ3) is 6.52. The van der Waals surface area contributed by atoms with E-state index in [-0.39, 0.29) is 37.1 Å². The number of nitrogens with zero attached hydrogens (tertiary/aromatic N) is 4. The first-order valence-electron chi connectivity index (χ1n) is 18.2. The van der Waals surface area contributed by atoms with Crippen molar-refractivity contribution in [1.82, 2.24) is 14.7 Å². The van der Waals surface area contributed by atoms with Gasteiger partial charge in [-0.2, -0.15) is 0 Å². The molecular weight excluding hydrogens is 660 g/mol. The Hall–Kier alpha value is -5.19. The number of carbonyl (C=O) groups excluding carboxylic acids is 5. The van der Waals surface area contributed by atoms with Gasteiger partial charge in [0.05, 0.1) is 18.8 Å². The van der Waals surface area contributed by atoms with Gasteiger partial charge in [0.25, 0.3) is 0 Å². The molecular formula is C41H46N4O7. The average Bonchev–Trinajstić information content (AvgIpc) is 3.90. The van der Waals surface area contributed by atoms with Gasteiger partial charge in [-0.15, -0.1) is 0 Å². The second-order valence-corrected chi connectivity index (χ2v) is 15.1. The van der Waals surface area contributed by atoms with Gasteiger partial charge in [-0.3, -0.25) is 19.3 Å². The summed E-state index contributed by atoms with van der Waals surface area (Å²) in [4.78, 5) is 77.5. The van der Waals surface area contributed by atoms with Crippen LogP contribution in [0.2, 0.25) is 0 Å². The first-order valence-corrected chi connectivity index (χ1v) is 18.2. The molecule has 7 rings (SSSR count). The zero-order valence-corrected chi connectivity index (χ0v) is 30.2. The minimum absolute atomic E-state index is 0.190. The van der Waals surface area contributed by atoms with Crippen LogP contribution in [0.4, 0.5) is 10.5 Å². The molecule has 0 unspecified atom stereocenters. The van der Waals surface area contributed by atoms with Gasteiger partial charge < -0.3 is 24.2 Å². The van der Waals surface area contributed by atoms with Gasteiger partial charge in [-0.25, -0.2) is 9.59 Å². The summed E-state index contributed by atoms with van der Waals surface area (Å²) in [6.07, 6.45) is 2.00. The molecule has 4 aliphatic rings. The average molecular weight is 707 g/mol. The Balaban J connectivity index is 1.26. The molecule has 52 heavy (non-hydrogen) atoms. The van der Waals surface area contributed by atoms with Crippen molar-refractivity contribution in [2.75, 3.05) is 18.6 Å². The highest BCUT2D eigenvalue weighted by Gasteiger charge is 2.51. The van der Waals surface area contributed by atoms with Gasteiger partial charge in [-0.05, 0) is 74.8 Å². The summed E-state index contributed by atoms with van der Waals surface area (Å²) in [5.41, 5.74) is 3.45. The molecule has 3 aromatic carbocycles. The van der Waals surface area contributed by atoms with E-state index in [2.05, 4.69) is 0 Å². The van der Waals surface area contributed by atoms with Gasteiger partial charge in [0.2, 0.25) is 17.7 Å². The summed E-state index contributed by atoms with van der Waals surface area (Å²) in [6.45, 7) is 5.94. The predicted molar refractivity (Wildman–Crippen MR) is 193 cm³/mol. The van der Waals surface area contributed by atoms with E-state index < -0.39 is 47.9 Å². The van der Waals surface area contributed by atoms with E-state index in [1.54, 1.807) is 35.5 Å². The van der Waals surface area contributed by atoms with Crippen LogP contribution in [0, 0.1) is 0 Å². The number of amides is 4. The van der Waals surface area contributed by atoms with Gasteiger partial charge in [0.1, 0.15) is 29.8 Å². The molecule has 4 aliphatic heterocycles. The van der Waals surface area contributed by atoms with E-state index in [1.807, 2.05) is 78.9 Å². The van der Waals surface area contributed by atoms with Gasteiger partial charge in [0.15, 0.2) is 0 Å². The standard InChI is InChI=1S/C41H46N4O7/c1-41(2,3)52-40(50)45-30-18-11-10-16-28(30)24-35(45)38(48)44-31(26-13-6-5-7-14-26)20-21-32(44)36(46)43-25-29-17-9-8-15-27(29)23-34(43)37(47)42-22-12-19-33(42)39(49)51-4/h5-11,13-18,31-35H,12,19-25H2,1-4H3/t31-,32+,33-,34+,35+/m0/s1. The molecule has 2 fully saturated rings. The highest BCUT2D eigenvalue weighted by atomic mass is 16.6. The molecule has 2 saturated heterocycles. The maximum Gasteiger partial charge on any atom is 0.415 e. The zero-order valence-electron chi connectivity index (χ0n) is 30.2. The smallest absolute Gasteiger partial charge is 0.415 e. The molecule has 3 aromatic rings. The molecule has 5 atom stereocenters. The number of rotatable bonds is 5.